The van der Waals surface area contributed by atoms with Crippen molar-refractivity contribution in [2.75, 3.05) is 26.2 Å². The lowest BCUT2D eigenvalue weighted by Gasteiger charge is -2.22. The van der Waals surface area contributed by atoms with Crippen molar-refractivity contribution in [1.29, 1.82) is 0 Å². The van der Waals surface area contributed by atoms with Gasteiger partial charge in [-0.15, -0.1) is 0 Å². The first kappa shape index (κ1) is 10.9. The normalized spacial score (nSPS) is 26.3. The third-order valence-electron chi connectivity index (χ3n) is 2.29. The Labute approximate surface area is 77.9 Å². The maximum absolute atomic E-state index is 12.1. The van der Waals surface area contributed by atoms with Gasteiger partial charge in [-0.1, -0.05) is 6.92 Å². The van der Waals surface area contributed by atoms with Crippen LogP contribution in [0.15, 0.2) is 0 Å². The summed E-state index contributed by atoms with van der Waals surface area (Å²) in [6.07, 6.45) is -0.319. The van der Waals surface area contributed by atoms with Gasteiger partial charge < -0.3 is 4.74 Å². The number of rotatable bonds is 3. The maximum Gasteiger partial charge on any atom is 0.251 e. The van der Waals surface area contributed by atoms with Crippen LogP contribution in [-0.2, 0) is 4.74 Å². The fourth-order valence-electron chi connectivity index (χ4n) is 1.58. The van der Waals surface area contributed by atoms with E-state index < -0.39 is 6.43 Å². The van der Waals surface area contributed by atoms with Gasteiger partial charge in [0.05, 0.1) is 12.6 Å². The Bertz CT molecular complexity index is 144. The van der Waals surface area contributed by atoms with Gasteiger partial charge in [0.25, 0.3) is 6.43 Å². The van der Waals surface area contributed by atoms with Gasteiger partial charge in [-0.25, -0.2) is 8.78 Å². The first-order valence-electron chi connectivity index (χ1n) is 4.84. The molecule has 1 aliphatic rings. The SMILES string of the molecule is CCC1CN(CC(F)F)CCCO1. The molecule has 1 fully saturated rings. The molecule has 0 N–H and O–H groups in total. The van der Waals surface area contributed by atoms with Crippen molar-refractivity contribution in [2.45, 2.75) is 32.3 Å². The van der Waals surface area contributed by atoms with Crippen LogP contribution in [0.1, 0.15) is 19.8 Å². The van der Waals surface area contributed by atoms with Crippen molar-refractivity contribution in [3.8, 4) is 0 Å². The molecule has 0 amide bonds. The number of alkyl halides is 2. The minimum atomic E-state index is -2.23. The van der Waals surface area contributed by atoms with Gasteiger partial charge >= 0.3 is 0 Å². The van der Waals surface area contributed by atoms with E-state index in [0.29, 0.717) is 13.2 Å². The topological polar surface area (TPSA) is 12.5 Å². The Hall–Kier alpha value is -0.220. The van der Waals surface area contributed by atoms with Gasteiger partial charge in [0.1, 0.15) is 0 Å². The molecule has 1 aliphatic heterocycles. The average Bonchev–Trinajstić information content (AvgIpc) is 2.28. The highest BCUT2D eigenvalue weighted by atomic mass is 19.3. The van der Waals surface area contributed by atoms with Gasteiger partial charge in [0.2, 0.25) is 0 Å². The first-order valence-corrected chi connectivity index (χ1v) is 4.84. The fourth-order valence-corrected chi connectivity index (χ4v) is 1.58. The summed E-state index contributed by atoms with van der Waals surface area (Å²) in [4.78, 5) is 1.80. The molecular formula is C9H17F2NO. The molecule has 0 aliphatic carbocycles. The summed E-state index contributed by atoms with van der Waals surface area (Å²) >= 11 is 0. The highest BCUT2D eigenvalue weighted by molar-refractivity contribution is 4.69. The van der Waals surface area contributed by atoms with Crippen LogP contribution in [0.4, 0.5) is 8.78 Å². The largest absolute Gasteiger partial charge is 0.377 e. The minimum Gasteiger partial charge on any atom is -0.377 e. The standard InChI is InChI=1S/C9H17F2NO/c1-2-8-6-12(7-9(10)11)4-3-5-13-8/h8-9H,2-7H2,1H3. The van der Waals surface area contributed by atoms with E-state index >= 15 is 0 Å². The van der Waals surface area contributed by atoms with E-state index in [1.54, 1.807) is 4.90 Å². The number of ether oxygens (including phenoxy) is 1. The zero-order valence-corrected chi connectivity index (χ0v) is 8.01. The van der Waals surface area contributed by atoms with E-state index in [0.717, 1.165) is 19.4 Å². The molecule has 13 heavy (non-hydrogen) atoms. The molecule has 0 aromatic carbocycles. The highest BCUT2D eigenvalue weighted by Gasteiger charge is 2.19. The van der Waals surface area contributed by atoms with Crippen molar-refractivity contribution >= 4 is 0 Å². The molecule has 1 unspecified atom stereocenters. The molecule has 1 rings (SSSR count). The molecule has 0 aromatic rings. The minimum absolute atomic E-state index is 0.111. The van der Waals surface area contributed by atoms with E-state index in [4.69, 9.17) is 4.74 Å². The van der Waals surface area contributed by atoms with Gasteiger partial charge in [0.15, 0.2) is 0 Å². The van der Waals surface area contributed by atoms with Crippen molar-refractivity contribution < 1.29 is 13.5 Å². The molecule has 2 nitrogen and oxygen atoms in total. The van der Waals surface area contributed by atoms with Crippen LogP contribution in [0.25, 0.3) is 0 Å². The molecule has 1 saturated heterocycles. The number of halogens is 2. The van der Waals surface area contributed by atoms with Crippen LogP contribution in [0, 0.1) is 0 Å². The van der Waals surface area contributed by atoms with Crippen LogP contribution in [0.2, 0.25) is 0 Å². The summed E-state index contributed by atoms with van der Waals surface area (Å²) in [5.41, 5.74) is 0. The first-order chi connectivity index (χ1) is 6.22. The van der Waals surface area contributed by atoms with Gasteiger partial charge in [-0.3, -0.25) is 4.90 Å². The predicted molar refractivity (Wildman–Crippen MR) is 47.1 cm³/mol. The average molecular weight is 193 g/mol. The summed E-state index contributed by atoms with van der Waals surface area (Å²) in [7, 11) is 0. The van der Waals surface area contributed by atoms with Crippen molar-refractivity contribution in [2.24, 2.45) is 0 Å². The zero-order chi connectivity index (χ0) is 9.68. The highest BCUT2D eigenvalue weighted by Crippen LogP contribution is 2.10. The predicted octanol–water partition coefficient (Wildman–Crippen LogP) is 1.75. The lowest BCUT2D eigenvalue weighted by Crippen LogP contribution is -2.34. The maximum atomic E-state index is 12.1. The number of hydrogen-bond donors (Lipinski definition) is 0. The van der Waals surface area contributed by atoms with Gasteiger partial charge in [0, 0.05) is 19.7 Å². The molecule has 0 bridgehead atoms. The van der Waals surface area contributed by atoms with Gasteiger partial charge in [-0.05, 0) is 12.8 Å². The Kier molecular flexibility index (Phi) is 4.59. The van der Waals surface area contributed by atoms with Crippen LogP contribution in [0.3, 0.4) is 0 Å². The summed E-state index contributed by atoms with van der Waals surface area (Å²) in [6, 6.07) is 0. The number of nitrogens with zero attached hydrogens (tertiary/aromatic N) is 1. The van der Waals surface area contributed by atoms with Crippen LogP contribution in [-0.4, -0.2) is 43.7 Å². The van der Waals surface area contributed by atoms with Crippen molar-refractivity contribution in [1.82, 2.24) is 4.90 Å². The number of hydrogen-bond acceptors (Lipinski definition) is 2. The summed E-state index contributed by atoms with van der Waals surface area (Å²) in [5.74, 6) is 0. The van der Waals surface area contributed by atoms with E-state index in [1.165, 1.54) is 0 Å². The van der Waals surface area contributed by atoms with Gasteiger partial charge in [-0.2, -0.15) is 0 Å². The summed E-state index contributed by atoms with van der Waals surface area (Å²) in [5, 5.41) is 0. The van der Waals surface area contributed by atoms with E-state index in [1.807, 2.05) is 6.92 Å². The Balaban J connectivity index is 2.35. The van der Waals surface area contributed by atoms with E-state index in [2.05, 4.69) is 0 Å². The molecule has 1 atom stereocenters. The van der Waals surface area contributed by atoms with Crippen molar-refractivity contribution in [3.63, 3.8) is 0 Å². The third-order valence-corrected chi connectivity index (χ3v) is 2.29. The second kappa shape index (κ2) is 5.50. The fraction of sp³-hybridized carbons (Fsp3) is 1.00. The molecule has 78 valence electrons. The van der Waals surface area contributed by atoms with Crippen LogP contribution in [0.5, 0.6) is 0 Å². The summed E-state index contributed by atoms with van der Waals surface area (Å²) < 4.78 is 29.7. The second-order valence-electron chi connectivity index (χ2n) is 3.41. The smallest absolute Gasteiger partial charge is 0.251 e. The van der Waals surface area contributed by atoms with Crippen LogP contribution < -0.4 is 0 Å². The molecule has 4 heteroatoms. The lowest BCUT2D eigenvalue weighted by molar-refractivity contribution is 0.0377. The van der Waals surface area contributed by atoms with E-state index in [9.17, 15) is 8.78 Å². The lowest BCUT2D eigenvalue weighted by atomic mass is 10.2. The quantitative estimate of drug-likeness (QED) is 0.677. The molecule has 0 radical (unpaired) electrons. The summed E-state index contributed by atoms with van der Waals surface area (Å²) in [6.45, 7) is 4.01. The molecule has 0 saturated carbocycles. The van der Waals surface area contributed by atoms with Crippen molar-refractivity contribution in [3.05, 3.63) is 0 Å². The monoisotopic (exact) mass is 193 g/mol. The Morgan fingerprint density at radius 2 is 2.31 bits per heavy atom. The molecule has 1 heterocycles. The van der Waals surface area contributed by atoms with E-state index in [-0.39, 0.29) is 12.6 Å². The third kappa shape index (κ3) is 4.00. The van der Waals surface area contributed by atoms with Crippen LogP contribution >= 0.6 is 0 Å². The molecule has 0 aromatic heterocycles. The molecule has 0 spiro atoms. The Morgan fingerprint density at radius 3 is 2.92 bits per heavy atom. The second-order valence-corrected chi connectivity index (χ2v) is 3.41. The molecular weight excluding hydrogens is 176 g/mol. The Morgan fingerprint density at radius 1 is 1.54 bits per heavy atom. The zero-order valence-electron chi connectivity index (χ0n) is 8.01.